The minimum atomic E-state index is -2.83. The largest absolute Gasteiger partial charge is 1.00 e. The predicted octanol–water partition coefficient (Wildman–Crippen LogP) is -0.206. The third-order valence-corrected chi connectivity index (χ3v) is 5.23. The van der Waals surface area contributed by atoms with Crippen LogP contribution in [-0.4, -0.2) is 28.4 Å². The van der Waals surface area contributed by atoms with Crippen molar-refractivity contribution in [3.8, 4) is 0 Å². The molecule has 1 atom stereocenters. The average molecular weight is 586 g/mol. The first kappa shape index (κ1) is 33.5. The van der Waals surface area contributed by atoms with Crippen LogP contribution in [-0.2, 0) is 24.3 Å². The van der Waals surface area contributed by atoms with Crippen molar-refractivity contribution in [2.75, 3.05) is 11.9 Å². The highest BCUT2D eigenvalue weighted by molar-refractivity contribution is 6.29. The highest BCUT2D eigenvalue weighted by atomic mass is 35.5. The lowest BCUT2D eigenvalue weighted by molar-refractivity contribution is -0.394. The number of hydrogen-bond acceptors (Lipinski definition) is 5. The molecular weight excluding hydrogens is 560 g/mol. The lowest BCUT2D eigenvalue weighted by atomic mass is 10.0. The number of nitrogens with one attached hydrogen (secondary N) is 3. The molecule has 2 aromatic heterocycles. The standard InChI is InChI=1S/C22H23ClF2N6O2.3ClH/c23-17-12-29-21(30-19(20(24)25)16-7-3-4-10-27-16)22(33)31(17)13-18(32)28-11-15-6-2-1-5-14(15)8-9-26;;;/h1-7,10,12,19-20H,8-9,11,13,26H2,(H,28,32)(H,29,30);3*1H. The van der Waals surface area contributed by atoms with Gasteiger partial charge in [0.05, 0.1) is 6.20 Å². The zero-order valence-corrected chi connectivity index (χ0v) is 21.9. The van der Waals surface area contributed by atoms with Crippen molar-refractivity contribution in [2.45, 2.75) is 32.0 Å². The number of alkyl halides is 2. The highest BCUT2D eigenvalue weighted by Crippen LogP contribution is 2.21. The van der Waals surface area contributed by atoms with E-state index in [0.717, 1.165) is 21.9 Å². The quantitative estimate of drug-likeness (QED) is 0.305. The number of nitrogens with two attached hydrogens (primary N) is 1. The molecule has 0 saturated carbocycles. The number of carbonyl (C=O) groups excluding carboxylic acids is 1. The fourth-order valence-corrected chi connectivity index (χ4v) is 3.45. The number of benzene rings is 1. The van der Waals surface area contributed by atoms with E-state index in [0.29, 0.717) is 13.0 Å². The Morgan fingerprint density at radius 3 is 2.42 bits per heavy atom. The number of hydrogen-bond donors (Lipinski definition) is 3. The van der Waals surface area contributed by atoms with Gasteiger partial charge in [-0.05, 0) is 24.1 Å². The number of aromatic nitrogens is 3. The summed E-state index contributed by atoms with van der Waals surface area (Å²) in [5.74, 6) is -0.816. The predicted molar refractivity (Wildman–Crippen MR) is 134 cm³/mol. The van der Waals surface area contributed by atoms with Crippen LogP contribution in [0.15, 0.2) is 59.7 Å². The van der Waals surface area contributed by atoms with Crippen molar-refractivity contribution >= 4 is 48.1 Å². The maximum atomic E-state index is 13.6. The Labute approximate surface area is 230 Å². The zero-order chi connectivity index (χ0) is 23.8. The maximum absolute atomic E-state index is 13.6. The number of amides is 1. The molecule has 36 heavy (non-hydrogen) atoms. The van der Waals surface area contributed by atoms with Crippen LogP contribution in [0.1, 0.15) is 22.9 Å². The Hall–Kier alpha value is -2.50. The Kier molecular flexibility index (Phi) is 15.2. The Morgan fingerprint density at radius 1 is 1.14 bits per heavy atom. The van der Waals surface area contributed by atoms with Crippen LogP contribution in [0.5, 0.6) is 0 Å². The number of carbonyl (C=O) groups is 1. The second-order valence-corrected chi connectivity index (χ2v) is 7.57. The molecule has 0 aliphatic rings. The Morgan fingerprint density at radius 2 is 1.81 bits per heavy atom. The first-order valence-electron chi connectivity index (χ1n) is 10.2. The fourth-order valence-electron chi connectivity index (χ4n) is 3.26. The molecule has 0 fully saturated rings. The number of pyridine rings is 1. The van der Waals surface area contributed by atoms with Gasteiger partial charge in [0, 0.05) is 18.7 Å². The normalized spacial score (nSPS) is 10.9. The fraction of sp³-hybridized carbons (Fsp3) is 0.273. The number of rotatable bonds is 10. The summed E-state index contributed by atoms with van der Waals surface area (Å²) in [5, 5.41) is 5.10. The molecule has 1 aromatic carbocycles. The number of H-pyrrole nitrogens is 1. The van der Waals surface area contributed by atoms with Gasteiger partial charge in [0.25, 0.3) is 12.0 Å². The number of nitrogens with zero attached hydrogens (tertiary/aromatic N) is 2. The summed E-state index contributed by atoms with van der Waals surface area (Å²) in [6, 6.07) is 10.7. The van der Waals surface area contributed by atoms with Crippen LogP contribution in [0.2, 0.25) is 5.15 Å². The van der Waals surface area contributed by atoms with E-state index in [2.05, 4.69) is 20.6 Å². The van der Waals surface area contributed by atoms with E-state index in [4.69, 9.17) is 17.3 Å². The Bertz CT molecular complexity index is 1150. The number of anilines is 1. The molecule has 2 heterocycles. The van der Waals surface area contributed by atoms with Crippen LogP contribution in [0, 0.1) is 0 Å². The van der Waals surface area contributed by atoms with Gasteiger partial charge in [0.2, 0.25) is 11.6 Å². The zero-order valence-electron chi connectivity index (χ0n) is 18.8. The molecule has 0 spiro atoms. The first-order chi connectivity index (χ1) is 15.9. The molecule has 14 heteroatoms. The van der Waals surface area contributed by atoms with Crippen LogP contribution in [0.3, 0.4) is 0 Å². The summed E-state index contributed by atoms with van der Waals surface area (Å²) in [5.41, 5.74) is 6.93. The van der Waals surface area contributed by atoms with Gasteiger partial charge in [-0.3, -0.25) is 14.2 Å². The molecule has 198 valence electrons. The van der Waals surface area contributed by atoms with Gasteiger partial charge in [-0.25, -0.2) is 18.7 Å². The minimum absolute atomic E-state index is 0. The average Bonchev–Trinajstić information content (AvgIpc) is 2.81. The topological polar surface area (TPSA) is 116 Å². The lowest BCUT2D eigenvalue weighted by Gasteiger charge is -2.16. The van der Waals surface area contributed by atoms with E-state index in [-0.39, 0.29) is 60.4 Å². The summed E-state index contributed by atoms with van der Waals surface area (Å²) in [6.07, 6.45) is 0.467. The van der Waals surface area contributed by atoms with Gasteiger partial charge < -0.3 is 28.8 Å². The molecule has 0 aliphatic carbocycles. The van der Waals surface area contributed by atoms with Crippen LogP contribution in [0.4, 0.5) is 14.6 Å². The van der Waals surface area contributed by atoms with Crippen molar-refractivity contribution in [1.82, 2.24) is 14.9 Å². The molecule has 0 radical (unpaired) electrons. The lowest BCUT2D eigenvalue weighted by Crippen LogP contribution is -3.00. The monoisotopic (exact) mass is 584 g/mol. The number of aromatic amines is 1. The molecule has 0 aliphatic heterocycles. The van der Waals surface area contributed by atoms with Crippen molar-refractivity contribution in [1.29, 1.82) is 0 Å². The summed E-state index contributed by atoms with van der Waals surface area (Å²) in [7, 11) is 0. The van der Waals surface area contributed by atoms with Crippen LogP contribution >= 0.6 is 36.4 Å². The molecule has 5 N–H and O–H groups in total. The van der Waals surface area contributed by atoms with Crippen LogP contribution in [0.25, 0.3) is 0 Å². The first-order valence-corrected chi connectivity index (χ1v) is 10.6. The molecular formula is C22H26Cl4F2N6O2. The third kappa shape index (κ3) is 8.86. The van der Waals surface area contributed by atoms with Crippen molar-refractivity contribution in [2.24, 2.45) is 5.73 Å². The second-order valence-electron chi connectivity index (χ2n) is 7.18. The van der Waals surface area contributed by atoms with E-state index in [1.54, 1.807) is 12.1 Å². The molecule has 3 rings (SSSR count). The van der Waals surface area contributed by atoms with Gasteiger partial charge in [0.15, 0.2) is 18.1 Å². The molecule has 0 bridgehead atoms. The van der Waals surface area contributed by atoms with E-state index in [1.807, 2.05) is 24.3 Å². The highest BCUT2D eigenvalue weighted by Gasteiger charge is 2.29. The number of halogens is 6. The smallest absolute Gasteiger partial charge is 0.294 e. The van der Waals surface area contributed by atoms with E-state index in [9.17, 15) is 18.4 Å². The molecule has 3 aromatic rings. The summed E-state index contributed by atoms with van der Waals surface area (Å²) in [6.45, 7) is 0.322. The van der Waals surface area contributed by atoms with Gasteiger partial charge in [-0.15, -0.1) is 24.8 Å². The summed E-state index contributed by atoms with van der Waals surface area (Å²) >= 11 is 6.07. The van der Waals surface area contributed by atoms with Crippen molar-refractivity contribution < 1.29 is 31.0 Å². The van der Waals surface area contributed by atoms with Crippen molar-refractivity contribution in [3.63, 3.8) is 0 Å². The summed E-state index contributed by atoms with van der Waals surface area (Å²) < 4.78 is 28.2. The van der Waals surface area contributed by atoms with Gasteiger partial charge in [0.1, 0.15) is 11.7 Å². The van der Waals surface area contributed by atoms with E-state index < -0.39 is 30.5 Å². The molecule has 1 unspecified atom stereocenters. The minimum Gasteiger partial charge on any atom is -1.00 e. The van der Waals surface area contributed by atoms with E-state index >= 15 is 0 Å². The van der Waals surface area contributed by atoms with E-state index in [1.165, 1.54) is 12.3 Å². The van der Waals surface area contributed by atoms with Gasteiger partial charge in [-0.1, -0.05) is 41.9 Å². The van der Waals surface area contributed by atoms with Crippen molar-refractivity contribution in [3.05, 3.63) is 87.2 Å². The molecule has 8 nitrogen and oxygen atoms in total. The third-order valence-electron chi connectivity index (χ3n) is 4.93. The molecule has 0 saturated heterocycles. The maximum Gasteiger partial charge on any atom is 0.294 e. The second kappa shape index (κ2) is 16.3. The van der Waals surface area contributed by atoms with Crippen LogP contribution < -0.4 is 39.3 Å². The van der Waals surface area contributed by atoms with Gasteiger partial charge in [-0.2, -0.15) is 0 Å². The van der Waals surface area contributed by atoms with Gasteiger partial charge >= 0.3 is 0 Å². The summed E-state index contributed by atoms with van der Waals surface area (Å²) in [4.78, 5) is 31.9. The molecule has 1 amide bonds. The Balaban J connectivity index is 0.00000408. The SMILES string of the molecule is Cl.Cl.NCCc1ccccc1CNC(=O)Cn1c(Cl)cnc(NC(c2cccc[nH+]2)C(F)F)c1=O.[Cl-].